The van der Waals surface area contributed by atoms with E-state index in [4.69, 9.17) is 18.9 Å². The zero-order valence-electron chi connectivity index (χ0n) is 24.2. The quantitative estimate of drug-likeness (QED) is 0.124. The maximum Gasteiger partial charge on any atom is 0.377 e. The first-order valence-corrected chi connectivity index (χ1v) is 14.5. The lowest BCUT2D eigenvalue weighted by Crippen LogP contribution is -2.39. The van der Waals surface area contributed by atoms with Gasteiger partial charge in [0.1, 0.15) is 34.1 Å². The van der Waals surface area contributed by atoms with Gasteiger partial charge in [-0.1, -0.05) is 55.7 Å². The van der Waals surface area contributed by atoms with Gasteiger partial charge in [-0.15, -0.1) is 0 Å². The summed E-state index contributed by atoms with van der Waals surface area (Å²) in [6.45, 7) is 5.78. The molecule has 0 saturated carbocycles. The highest BCUT2D eigenvalue weighted by atomic mass is 31.1. The summed E-state index contributed by atoms with van der Waals surface area (Å²) >= 11 is 0. The van der Waals surface area contributed by atoms with Crippen LogP contribution in [0.2, 0.25) is 0 Å². The lowest BCUT2D eigenvalue weighted by molar-refractivity contribution is 0.0635. The molecule has 2 unspecified atom stereocenters. The number of methoxy groups -OCH3 is 4. The molecule has 3 aromatic rings. The summed E-state index contributed by atoms with van der Waals surface area (Å²) in [4.78, 5) is 28.9. The van der Waals surface area contributed by atoms with Crippen LogP contribution in [-0.4, -0.2) is 46.2 Å². The second kappa shape index (κ2) is 13.6. The maximum absolute atomic E-state index is 14.5. The van der Waals surface area contributed by atoms with Gasteiger partial charge >= 0.3 is 7.80 Å². The Kier molecular flexibility index (Phi) is 10.5. The Morgan fingerprint density at radius 1 is 0.700 bits per heavy atom. The molecule has 7 nitrogen and oxygen atoms in total. The van der Waals surface area contributed by atoms with Crippen molar-refractivity contribution in [2.75, 3.05) is 34.6 Å². The summed E-state index contributed by atoms with van der Waals surface area (Å²) < 4.78 is 35.2. The molecule has 0 radical (unpaired) electrons. The van der Waals surface area contributed by atoms with Crippen LogP contribution in [0.15, 0.2) is 66.7 Å². The molecule has 0 saturated heterocycles. The molecule has 0 N–H and O–H groups in total. The molecule has 0 aliphatic heterocycles. The first kappa shape index (κ1) is 30.8. The Bertz CT molecular complexity index is 1240. The van der Waals surface area contributed by atoms with Gasteiger partial charge in [0.05, 0.1) is 34.4 Å². The van der Waals surface area contributed by atoms with Crippen LogP contribution in [0.4, 0.5) is 0 Å². The molecule has 212 valence electrons. The molecule has 3 aromatic carbocycles. The van der Waals surface area contributed by atoms with E-state index in [1.54, 1.807) is 36.4 Å². The number of ether oxygens (including phenoxy) is 4. The van der Waals surface area contributed by atoms with E-state index in [9.17, 15) is 14.2 Å². The molecular formula is C32H38O7P+. The third kappa shape index (κ3) is 6.71. The van der Waals surface area contributed by atoms with Crippen LogP contribution >= 0.6 is 7.80 Å². The normalized spacial score (nSPS) is 12.4. The Hall–Kier alpha value is -3.70. The maximum atomic E-state index is 14.5. The molecule has 2 atom stereocenters. The van der Waals surface area contributed by atoms with Gasteiger partial charge in [-0.05, 0) is 48.2 Å². The Labute approximate surface area is 237 Å². The largest absolute Gasteiger partial charge is 0.496 e. The van der Waals surface area contributed by atoms with Gasteiger partial charge in [0.2, 0.25) is 0 Å². The zero-order valence-corrected chi connectivity index (χ0v) is 25.1. The Morgan fingerprint density at radius 3 is 1.48 bits per heavy atom. The minimum Gasteiger partial charge on any atom is -0.496 e. The van der Waals surface area contributed by atoms with E-state index in [1.165, 1.54) is 28.4 Å². The van der Waals surface area contributed by atoms with E-state index < -0.39 is 30.7 Å². The number of hydrogen-bond acceptors (Lipinski definition) is 7. The average molecular weight is 566 g/mol. The fourth-order valence-corrected chi connectivity index (χ4v) is 6.78. The third-order valence-electron chi connectivity index (χ3n) is 7.05. The van der Waals surface area contributed by atoms with Gasteiger partial charge in [-0.2, -0.15) is 0 Å². The van der Waals surface area contributed by atoms with Crippen molar-refractivity contribution in [2.45, 2.75) is 27.2 Å². The van der Waals surface area contributed by atoms with E-state index in [2.05, 4.69) is 0 Å². The predicted octanol–water partition coefficient (Wildman–Crippen LogP) is 6.61. The Morgan fingerprint density at radius 2 is 1.10 bits per heavy atom. The van der Waals surface area contributed by atoms with Crippen LogP contribution in [0.25, 0.3) is 0 Å². The fraction of sp³-hybridized carbons (Fsp3) is 0.375. The van der Waals surface area contributed by atoms with Crippen LogP contribution < -0.4 is 24.3 Å². The smallest absolute Gasteiger partial charge is 0.377 e. The van der Waals surface area contributed by atoms with Crippen LogP contribution in [0, 0.1) is 17.3 Å². The number of benzene rings is 3. The minimum absolute atomic E-state index is 0.0546. The van der Waals surface area contributed by atoms with Crippen LogP contribution in [0.1, 0.15) is 47.9 Å². The molecule has 40 heavy (non-hydrogen) atoms. The predicted molar refractivity (Wildman–Crippen MR) is 157 cm³/mol. The van der Waals surface area contributed by atoms with E-state index in [0.29, 0.717) is 35.6 Å². The SMILES string of the molecule is COc1cccc(OC)c1C(=O)C(C(=O)c1c(OC)cccc1OC)C(C)(C)CC(C)C[P+](=O)c1ccccc1. The molecule has 8 heteroatoms. The van der Waals surface area contributed by atoms with Crippen molar-refractivity contribution >= 4 is 24.7 Å². The topological polar surface area (TPSA) is 88.1 Å². The van der Waals surface area contributed by atoms with E-state index >= 15 is 0 Å². The number of Topliss-reactive ketones (excluding diaryl/α,β-unsaturated/α-hetero) is 2. The van der Waals surface area contributed by atoms with Crippen LogP contribution in [-0.2, 0) is 4.57 Å². The van der Waals surface area contributed by atoms with Crippen molar-refractivity contribution in [3.63, 3.8) is 0 Å². The first-order valence-electron chi connectivity index (χ1n) is 13.1. The van der Waals surface area contributed by atoms with Crippen molar-refractivity contribution in [2.24, 2.45) is 17.3 Å². The van der Waals surface area contributed by atoms with Gasteiger partial charge in [0, 0.05) is 5.92 Å². The van der Waals surface area contributed by atoms with Gasteiger partial charge in [-0.25, -0.2) is 0 Å². The standard InChI is InChI=1S/C32H38O7P/c1-21(20-40(35)22-13-9-8-10-14-22)19-32(2,3)29(30(33)27-23(36-4)15-11-16-24(27)37-5)31(34)28-25(38-6)17-12-18-26(28)39-7/h8-18,21,29H,19-20H2,1-7H3/q+1. The van der Waals surface area contributed by atoms with E-state index in [0.717, 1.165) is 5.30 Å². The molecule has 0 aliphatic carbocycles. The second-order valence-electron chi connectivity index (χ2n) is 10.4. The number of carbonyl (C=O) groups is 2. The number of rotatable bonds is 14. The minimum atomic E-state index is -1.64. The zero-order chi connectivity index (χ0) is 29.4. The number of carbonyl (C=O) groups excluding carboxylic acids is 2. The molecule has 0 bridgehead atoms. The Balaban J connectivity index is 2.10. The van der Waals surface area contributed by atoms with Gasteiger partial charge in [-0.3, -0.25) is 9.59 Å². The highest BCUT2D eigenvalue weighted by Crippen LogP contribution is 2.45. The summed E-state index contributed by atoms with van der Waals surface area (Å²) in [7, 11) is 4.25. The molecule has 0 spiro atoms. The van der Waals surface area contributed by atoms with Crippen molar-refractivity contribution in [3.05, 3.63) is 77.9 Å². The van der Waals surface area contributed by atoms with Gasteiger partial charge in [0.15, 0.2) is 23.0 Å². The van der Waals surface area contributed by atoms with Crippen LogP contribution in [0.3, 0.4) is 0 Å². The summed E-state index contributed by atoms with van der Waals surface area (Å²) in [5.74, 6) is -0.833. The monoisotopic (exact) mass is 565 g/mol. The highest BCUT2D eigenvalue weighted by molar-refractivity contribution is 7.53. The molecular weight excluding hydrogens is 527 g/mol. The van der Waals surface area contributed by atoms with Crippen molar-refractivity contribution in [1.29, 1.82) is 0 Å². The molecule has 0 amide bonds. The van der Waals surface area contributed by atoms with Gasteiger partial charge < -0.3 is 18.9 Å². The van der Waals surface area contributed by atoms with Crippen molar-refractivity contribution in [3.8, 4) is 23.0 Å². The summed E-state index contributed by atoms with van der Waals surface area (Å²) in [6, 6.07) is 19.5. The molecule has 0 fully saturated rings. The van der Waals surface area contributed by atoms with Crippen molar-refractivity contribution in [1.82, 2.24) is 0 Å². The summed E-state index contributed by atoms with van der Waals surface area (Å²) in [6.07, 6.45) is 0.881. The van der Waals surface area contributed by atoms with Crippen molar-refractivity contribution < 1.29 is 33.1 Å². The number of hydrogen-bond donors (Lipinski definition) is 0. The summed E-state index contributed by atoms with van der Waals surface area (Å²) in [5, 5.41) is 0.781. The molecule has 3 rings (SSSR count). The van der Waals surface area contributed by atoms with Crippen LogP contribution in [0.5, 0.6) is 23.0 Å². The molecule has 0 heterocycles. The molecule has 0 aromatic heterocycles. The lowest BCUT2D eigenvalue weighted by atomic mass is 9.67. The number of ketones is 2. The van der Waals surface area contributed by atoms with E-state index in [1.807, 2.05) is 51.1 Å². The fourth-order valence-electron chi connectivity index (χ4n) is 5.37. The molecule has 0 aliphatic rings. The second-order valence-corrected chi connectivity index (χ2v) is 12.1. The average Bonchev–Trinajstić information content (AvgIpc) is 2.95. The van der Waals surface area contributed by atoms with E-state index in [-0.39, 0.29) is 17.0 Å². The lowest BCUT2D eigenvalue weighted by Gasteiger charge is -2.35. The summed E-state index contributed by atoms with van der Waals surface area (Å²) in [5.41, 5.74) is -0.482. The first-order chi connectivity index (χ1) is 19.1. The highest BCUT2D eigenvalue weighted by Gasteiger charge is 2.46. The van der Waals surface area contributed by atoms with Gasteiger partial charge in [0.25, 0.3) is 0 Å². The third-order valence-corrected chi connectivity index (χ3v) is 8.88.